The topological polar surface area (TPSA) is 16.1 Å². The molecule has 0 unspecified atom stereocenters. The van der Waals surface area contributed by atoms with Crippen LogP contribution in [-0.2, 0) is 12.8 Å². The van der Waals surface area contributed by atoms with E-state index in [-0.39, 0.29) is 0 Å². The summed E-state index contributed by atoms with van der Waals surface area (Å²) in [6, 6.07) is 8.86. The maximum atomic E-state index is 4.66. The molecule has 0 aliphatic carbocycles. The fraction of sp³-hybridized carbons (Fsp3) is 0.450. The standard InChI is InChI=1S/C20H28N3S/c1-5-20-21-19(14-24-20)18-10-8-17(9-11-18)7-6-16(2)22-12-13-23(3,4)15-22/h8-11,14H,2,5-7,12-13,15H2,1,3-4H3/q+1. The molecule has 1 aromatic heterocycles. The molecule has 0 N–H and O–H groups in total. The largest absolute Gasteiger partial charge is 0.324 e. The fourth-order valence-electron chi connectivity index (χ4n) is 3.15. The van der Waals surface area contributed by atoms with Crippen LogP contribution in [0.4, 0.5) is 0 Å². The number of benzene rings is 1. The van der Waals surface area contributed by atoms with Crippen molar-refractivity contribution in [3.63, 3.8) is 0 Å². The van der Waals surface area contributed by atoms with E-state index in [0.29, 0.717) is 0 Å². The summed E-state index contributed by atoms with van der Waals surface area (Å²) in [6.07, 6.45) is 3.10. The van der Waals surface area contributed by atoms with E-state index in [0.717, 1.165) is 42.7 Å². The molecule has 2 aromatic rings. The van der Waals surface area contributed by atoms with E-state index in [9.17, 15) is 0 Å². The third-order valence-electron chi connectivity index (χ3n) is 4.78. The van der Waals surface area contributed by atoms with Crippen LogP contribution < -0.4 is 0 Å². The number of likely N-dealkylation sites (N-methyl/N-ethyl adjacent to an activating group) is 1. The van der Waals surface area contributed by atoms with E-state index in [1.54, 1.807) is 11.3 Å². The zero-order valence-electron chi connectivity index (χ0n) is 15.1. The van der Waals surface area contributed by atoms with Crippen LogP contribution in [0.25, 0.3) is 11.3 Å². The summed E-state index contributed by atoms with van der Waals surface area (Å²) in [5.74, 6) is 0. The Balaban J connectivity index is 1.55. The van der Waals surface area contributed by atoms with Crippen LogP contribution in [-0.4, -0.2) is 48.2 Å². The highest BCUT2D eigenvalue weighted by Crippen LogP contribution is 2.24. The van der Waals surface area contributed by atoms with Crippen molar-refractivity contribution in [2.24, 2.45) is 0 Å². The minimum atomic E-state index is 1.01. The van der Waals surface area contributed by atoms with Crippen LogP contribution in [0.15, 0.2) is 41.9 Å². The minimum absolute atomic E-state index is 1.01. The number of hydrogen-bond donors (Lipinski definition) is 0. The Kier molecular flexibility index (Phi) is 5.07. The monoisotopic (exact) mass is 342 g/mol. The fourth-order valence-corrected chi connectivity index (χ4v) is 3.90. The van der Waals surface area contributed by atoms with Gasteiger partial charge in [0.15, 0.2) is 6.67 Å². The number of allylic oxidation sites excluding steroid dienone is 1. The number of nitrogens with zero attached hydrogens (tertiary/aromatic N) is 3. The second-order valence-electron chi connectivity index (χ2n) is 7.31. The normalized spacial score (nSPS) is 16.5. The summed E-state index contributed by atoms with van der Waals surface area (Å²) < 4.78 is 1.07. The average Bonchev–Trinajstić information content (AvgIpc) is 3.19. The van der Waals surface area contributed by atoms with Crippen molar-refractivity contribution < 1.29 is 4.48 Å². The third kappa shape index (κ3) is 4.05. The Morgan fingerprint density at radius 2 is 2.04 bits per heavy atom. The van der Waals surface area contributed by atoms with Gasteiger partial charge in [-0.3, -0.25) is 0 Å². The Bertz CT molecular complexity index is 700. The summed E-state index contributed by atoms with van der Waals surface area (Å²) in [4.78, 5) is 7.11. The highest BCUT2D eigenvalue weighted by Gasteiger charge is 2.28. The first-order chi connectivity index (χ1) is 11.5. The van der Waals surface area contributed by atoms with Crippen molar-refractivity contribution in [1.29, 1.82) is 0 Å². The van der Waals surface area contributed by atoms with Crippen LogP contribution in [0.1, 0.15) is 23.9 Å². The van der Waals surface area contributed by atoms with Gasteiger partial charge in [-0.25, -0.2) is 4.98 Å². The molecule has 0 bridgehead atoms. The van der Waals surface area contributed by atoms with Crippen LogP contribution in [0.3, 0.4) is 0 Å². The molecule has 128 valence electrons. The zero-order chi connectivity index (χ0) is 17.2. The summed E-state index contributed by atoms with van der Waals surface area (Å²) in [7, 11) is 4.57. The van der Waals surface area contributed by atoms with Crippen LogP contribution in [0.2, 0.25) is 0 Å². The van der Waals surface area contributed by atoms with Gasteiger partial charge < -0.3 is 9.38 Å². The van der Waals surface area contributed by atoms with Gasteiger partial charge >= 0.3 is 0 Å². The van der Waals surface area contributed by atoms with E-state index in [2.05, 4.69) is 67.1 Å². The Hall–Kier alpha value is -1.65. The Morgan fingerprint density at radius 3 is 2.62 bits per heavy atom. The van der Waals surface area contributed by atoms with E-state index >= 15 is 0 Å². The molecule has 1 aliphatic rings. The molecule has 0 atom stereocenters. The molecule has 1 fully saturated rings. The predicted molar refractivity (Wildman–Crippen MR) is 103 cm³/mol. The SMILES string of the molecule is C=C(CCc1ccc(-c2csc(CC)n2)cc1)N1CC[N+](C)(C)C1. The molecule has 1 aromatic carbocycles. The van der Waals surface area contributed by atoms with Gasteiger partial charge in [-0.1, -0.05) is 37.8 Å². The Morgan fingerprint density at radius 1 is 1.29 bits per heavy atom. The summed E-state index contributed by atoms with van der Waals surface area (Å²) in [5.41, 5.74) is 4.96. The number of hydrogen-bond acceptors (Lipinski definition) is 3. The molecule has 24 heavy (non-hydrogen) atoms. The lowest BCUT2D eigenvalue weighted by Gasteiger charge is -2.25. The lowest BCUT2D eigenvalue weighted by atomic mass is 10.0. The molecule has 0 saturated carbocycles. The maximum Gasteiger partial charge on any atom is 0.154 e. The van der Waals surface area contributed by atoms with E-state index in [4.69, 9.17) is 0 Å². The lowest BCUT2D eigenvalue weighted by molar-refractivity contribution is -0.881. The maximum absolute atomic E-state index is 4.66. The minimum Gasteiger partial charge on any atom is -0.324 e. The Labute approximate surface area is 149 Å². The quantitative estimate of drug-likeness (QED) is 0.733. The predicted octanol–water partition coefficient (Wildman–Crippen LogP) is 4.17. The van der Waals surface area contributed by atoms with Crippen molar-refractivity contribution >= 4 is 11.3 Å². The van der Waals surface area contributed by atoms with E-state index in [1.807, 2.05) is 0 Å². The van der Waals surface area contributed by atoms with Gasteiger partial charge in [0.2, 0.25) is 0 Å². The van der Waals surface area contributed by atoms with E-state index < -0.39 is 0 Å². The first-order valence-corrected chi connectivity index (χ1v) is 9.63. The van der Waals surface area contributed by atoms with Crippen molar-refractivity contribution in [3.05, 3.63) is 52.5 Å². The summed E-state index contributed by atoms with van der Waals surface area (Å²) in [6.45, 7) is 9.88. The van der Waals surface area contributed by atoms with Crippen LogP contribution in [0.5, 0.6) is 0 Å². The molecule has 3 nitrogen and oxygen atoms in total. The lowest BCUT2D eigenvalue weighted by Crippen LogP contribution is -2.38. The van der Waals surface area contributed by atoms with Crippen LogP contribution >= 0.6 is 11.3 Å². The number of quaternary nitrogens is 1. The van der Waals surface area contributed by atoms with E-state index in [1.165, 1.54) is 28.4 Å². The summed E-state index contributed by atoms with van der Waals surface area (Å²) in [5, 5.41) is 3.36. The second kappa shape index (κ2) is 7.08. The van der Waals surface area contributed by atoms with Gasteiger partial charge in [0.05, 0.1) is 37.9 Å². The smallest absolute Gasteiger partial charge is 0.154 e. The molecule has 2 heterocycles. The molecule has 1 saturated heterocycles. The molecule has 0 amide bonds. The number of aromatic nitrogens is 1. The molecule has 0 spiro atoms. The molecular weight excluding hydrogens is 314 g/mol. The van der Waals surface area contributed by atoms with Crippen molar-refractivity contribution in [1.82, 2.24) is 9.88 Å². The number of thiazole rings is 1. The van der Waals surface area contributed by atoms with Gasteiger partial charge in [-0.05, 0) is 24.8 Å². The molecule has 3 rings (SSSR count). The number of aryl methyl sites for hydroxylation is 2. The second-order valence-corrected chi connectivity index (χ2v) is 8.25. The molecular formula is C20H28N3S+. The van der Waals surface area contributed by atoms with Crippen molar-refractivity contribution in [2.75, 3.05) is 33.9 Å². The zero-order valence-corrected chi connectivity index (χ0v) is 15.9. The summed E-state index contributed by atoms with van der Waals surface area (Å²) >= 11 is 1.75. The first-order valence-electron chi connectivity index (χ1n) is 8.75. The first kappa shape index (κ1) is 17.2. The van der Waals surface area contributed by atoms with Gasteiger partial charge in [0.25, 0.3) is 0 Å². The van der Waals surface area contributed by atoms with Gasteiger partial charge in [-0.2, -0.15) is 0 Å². The average molecular weight is 343 g/mol. The van der Waals surface area contributed by atoms with Gasteiger partial charge in [0, 0.05) is 16.6 Å². The van der Waals surface area contributed by atoms with Gasteiger partial charge in [0.1, 0.15) is 0 Å². The van der Waals surface area contributed by atoms with Crippen LogP contribution in [0, 0.1) is 0 Å². The molecule has 1 aliphatic heterocycles. The highest BCUT2D eigenvalue weighted by molar-refractivity contribution is 7.09. The number of rotatable bonds is 6. The highest BCUT2D eigenvalue weighted by atomic mass is 32.1. The molecule has 4 heteroatoms. The third-order valence-corrected chi connectivity index (χ3v) is 5.78. The van der Waals surface area contributed by atoms with Gasteiger partial charge in [-0.15, -0.1) is 11.3 Å². The van der Waals surface area contributed by atoms with Crippen molar-refractivity contribution in [3.8, 4) is 11.3 Å². The molecule has 0 radical (unpaired) electrons. The van der Waals surface area contributed by atoms with Crippen molar-refractivity contribution in [2.45, 2.75) is 26.2 Å².